The SMILES string of the molecule is CCOc1cc(C=Nn2c(C3CCCCC3)nc3ccc(Br)cc3c2=O)ccc1OCc1ccc(Cl)cc1Cl. The van der Waals surface area contributed by atoms with E-state index in [9.17, 15) is 4.79 Å². The Bertz CT molecular complexity index is 1580. The fourth-order valence-corrected chi connectivity index (χ4v) is 5.64. The zero-order valence-electron chi connectivity index (χ0n) is 21.5. The quantitative estimate of drug-likeness (QED) is 0.184. The molecule has 1 aliphatic rings. The molecule has 0 radical (unpaired) electrons. The van der Waals surface area contributed by atoms with Crippen molar-refractivity contribution in [3.8, 4) is 11.5 Å². The Kier molecular flexibility index (Phi) is 8.90. The summed E-state index contributed by atoms with van der Waals surface area (Å²) in [6.07, 6.45) is 7.14. The van der Waals surface area contributed by atoms with Crippen LogP contribution in [-0.2, 0) is 6.61 Å². The van der Waals surface area contributed by atoms with Crippen molar-refractivity contribution in [2.75, 3.05) is 6.61 Å². The summed E-state index contributed by atoms with van der Waals surface area (Å²) in [6.45, 7) is 2.64. The van der Waals surface area contributed by atoms with Crippen LogP contribution in [0, 0.1) is 0 Å². The van der Waals surface area contributed by atoms with Gasteiger partial charge in [-0.25, -0.2) is 4.98 Å². The summed E-state index contributed by atoms with van der Waals surface area (Å²) in [4.78, 5) is 18.5. The number of hydrogen-bond donors (Lipinski definition) is 0. The number of halogens is 3. The van der Waals surface area contributed by atoms with Crippen LogP contribution < -0.4 is 15.0 Å². The summed E-state index contributed by atoms with van der Waals surface area (Å²) in [6, 6.07) is 16.4. The molecule has 3 aromatic carbocycles. The van der Waals surface area contributed by atoms with Crippen molar-refractivity contribution in [1.82, 2.24) is 9.66 Å². The topological polar surface area (TPSA) is 65.7 Å². The summed E-state index contributed by atoms with van der Waals surface area (Å²) >= 11 is 15.8. The van der Waals surface area contributed by atoms with Gasteiger partial charge in [-0.3, -0.25) is 4.79 Å². The summed E-state index contributed by atoms with van der Waals surface area (Å²) in [5, 5.41) is 6.29. The molecule has 1 fully saturated rings. The lowest BCUT2D eigenvalue weighted by Crippen LogP contribution is -2.25. The maximum atomic E-state index is 13.6. The van der Waals surface area contributed by atoms with Gasteiger partial charge in [0.15, 0.2) is 11.5 Å². The molecule has 1 saturated carbocycles. The zero-order chi connectivity index (χ0) is 27.4. The molecule has 0 saturated heterocycles. The van der Waals surface area contributed by atoms with Gasteiger partial charge in [-0.1, -0.05) is 64.5 Å². The first-order valence-electron chi connectivity index (χ1n) is 13.0. The number of hydrogen-bond acceptors (Lipinski definition) is 5. The van der Waals surface area contributed by atoms with Crippen LogP contribution in [0.3, 0.4) is 0 Å². The van der Waals surface area contributed by atoms with Crippen LogP contribution in [0.2, 0.25) is 10.0 Å². The minimum Gasteiger partial charge on any atom is -0.490 e. The first-order chi connectivity index (χ1) is 18.9. The summed E-state index contributed by atoms with van der Waals surface area (Å²) < 4.78 is 14.2. The Labute approximate surface area is 245 Å². The van der Waals surface area contributed by atoms with Crippen molar-refractivity contribution in [2.24, 2.45) is 5.10 Å². The molecule has 202 valence electrons. The molecule has 1 aromatic heterocycles. The van der Waals surface area contributed by atoms with E-state index < -0.39 is 0 Å². The molecule has 1 heterocycles. The summed E-state index contributed by atoms with van der Waals surface area (Å²) in [5.41, 5.74) is 2.10. The van der Waals surface area contributed by atoms with Crippen molar-refractivity contribution < 1.29 is 9.47 Å². The Balaban J connectivity index is 1.47. The predicted octanol–water partition coefficient (Wildman–Crippen LogP) is 8.37. The van der Waals surface area contributed by atoms with Crippen molar-refractivity contribution >= 4 is 56.2 Å². The fraction of sp³-hybridized carbons (Fsp3) is 0.300. The second kappa shape index (κ2) is 12.5. The normalized spacial score (nSPS) is 14.3. The third-order valence-corrected chi connectivity index (χ3v) is 7.87. The number of benzene rings is 3. The Morgan fingerprint density at radius 2 is 1.85 bits per heavy atom. The third-order valence-electron chi connectivity index (χ3n) is 6.79. The van der Waals surface area contributed by atoms with Crippen LogP contribution in [0.1, 0.15) is 61.9 Å². The first kappa shape index (κ1) is 27.7. The monoisotopic (exact) mass is 627 g/mol. The van der Waals surface area contributed by atoms with E-state index >= 15 is 0 Å². The molecule has 0 bridgehead atoms. The van der Waals surface area contributed by atoms with E-state index in [0.29, 0.717) is 39.1 Å². The van der Waals surface area contributed by atoms with Gasteiger partial charge in [-0.05, 0) is 73.9 Å². The highest BCUT2D eigenvalue weighted by Crippen LogP contribution is 2.33. The Morgan fingerprint density at radius 1 is 1.03 bits per heavy atom. The average molecular weight is 629 g/mol. The van der Waals surface area contributed by atoms with Gasteiger partial charge in [0, 0.05) is 26.0 Å². The standard InChI is InChI=1S/C30H28BrCl2N3O3/c1-2-38-28-14-19(8-13-27(28)39-18-21-9-11-23(32)16-25(21)33)17-34-36-29(20-6-4-3-5-7-20)35-26-12-10-22(31)15-24(26)30(36)37/h8-17,20H,2-7,18H2,1H3. The van der Waals surface area contributed by atoms with Crippen molar-refractivity contribution in [1.29, 1.82) is 0 Å². The molecular weight excluding hydrogens is 601 g/mol. The second-order valence-electron chi connectivity index (χ2n) is 9.49. The molecule has 0 atom stereocenters. The largest absolute Gasteiger partial charge is 0.490 e. The van der Waals surface area contributed by atoms with Crippen LogP contribution in [0.5, 0.6) is 11.5 Å². The molecule has 5 rings (SSSR count). The number of ether oxygens (including phenoxy) is 2. The lowest BCUT2D eigenvalue weighted by atomic mass is 9.88. The van der Waals surface area contributed by atoms with E-state index in [1.807, 2.05) is 43.3 Å². The predicted molar refractivity (Wildman–Crippen MR) is 161 cm³/mol. The van der Waals surface area contributed by atoms with Crippen LogP contribution >= 0.6 is 39.1 Å². The van der Waals surface area contributed by atoms with E-state index in [4.69, 9.17) is 37.7 Å². The molecule has 1 aliphatic carbocycles. The van der Waals surface area contributed by atoms with E-state index in [2.05, 4.69) is 21.0 Å². The minimum atomic E-state index is -0.178. The highest BCUT2D eigenvalue weighted by molar-refractivity contribution is 9.10. The molecular formula is C30H28BrCl2N3O3. The van der Waals surface area contributed by atoms with Gasteiger partial charge in [0.05, 0.1) is 23.7 Å². The van der Waals surface area contributed by atoms with Crippen LogP contribution in [0.15, 0.2) is 69.0 Å². The number of rotatable bonds is 8. The van der Waals surface area contributed by atoms with Gasteiger partial charge in [-0.15, -0.1) is 0 Å². The molecule has 0 unspecified atom stereocenters. The highest BCUT2D eigenvalue weighted by atomic mass is 79.9. The zero-order valence-corrected chi connectivity index (χ0v) is 24.6. The van der Waals surface area contributed by atoms with E-state index in [1.165, 1.54) is 11.1 Å². The van der Waals surface area contributed by atoms with Gasteiger partial charge >= 0.3 is 0 Å². The van der Waals surface area contributed by atoms with Crippen LogP contribution in [-0.4, -0.2) is 22.5 Å². The van der Waals surface area contributed by atoms with Crippen LogP contribution in [0.25, 0.3) is 10.9 Å². The highest BCUT2D eigenvalue weighted by Gasteiger charge is 2.22. The van der Waals surface area contributed by atoms with Gasteiger partial charge in [-0.2, -0.15) is 9.78 Å². The van der Waals surface area contributed by atoms with Gasteiger partial charge in [0.2, 0.25) is 0 Å². The number of nitrogens with zero attached hydrogens (tertiary/aromatic N) is 3. The molecule has 6 nitrogen and oxygen atoms in total. The van der Waals surface area contributed by atoms with E-state index in [0.717, 1.165) is 47.1 Å². The minimum absolute atomic E-state index is 0.178. The summed E-state index contributed by atoms with van der Waals surface area (Å²) in [7, 11) is 0. The number of aromatic nitrogens is 2. The molecule has 0 aliphatic heterocycles. The fourth-order valence-electron chi connectivity index (χ4n) is 4.81. The van der Waals surface area contributed by atoms with Gasteiger partial charge < -0.3 is 9.47 Å². The molecule has 0 spiro atoms. The molecule has 4 aromatic rings. The molecule has 0 N–H and O–H groups in total. The van der Waals surface area contributed by atoms with Gasteiger partial charge in [0.25, 0.3) is 5.56 Å². The number of fused-ring (bicyclic) bond motifs is 1. The Hall–Kier alpha value is -2.87. The van der Waals surface area contributed by atoms with Crippen molar-refractivity contribution in [2.45, 2.75) is 51.6 Å². The maximum absolute atomic E-state index is 13.6. The smallest absolute Gasteiger partial charge is 0.282 e. The van der Waals surface area contributed by atoms with Gasteiger partial charge in [0.1, 0.15) is 12.4 Å². The van der Waals surface area contributed by atoms with Crippen molar-refractivity contribution in [3.63, 3.8) is 0 Å². The van der Waals surface area contributed by atoms with E-state index in [1.54, 1.807) is 24.4 Å². The molecule has 9 heteroatoms. The first-order valence-corrected chi connectivity index (χ1v) is 14.6. The molecule has 0 amide bonds. The van der Waals surface area contributed by atoms with Crippen LogP contribution in [0.4, 0.5) is 0 Å². The van der Waals surface area contributed by atoms with Crippen molar-refractivity contribution in [3.05, 3.63) is 96.4 Å². The lowest BCUT2D eigenvalue weighted by molar-refractivity contribution is 0.269. The second-order valence-corrected chi connectivity index (χ2v) is 11.3. The summed E-state index contributed by atoms with van der Waals surface area (Å²) in [5.74, 6) is 2.07. The van der Waals surface area contributed by atoms with E-state index in [-0.39, 0.29) is 18.1 Å². The molecule has 39 heavy (non-hydrogen) atoms. The average Bonchev–Trinajstić information content (AvgIpc) is 2.93. The third kappa shape index (κ3) is 6.48. The lowest BCUT2D eigenvalue weighted by Gasteiger charge is -2.22. The maximum Gasteiger partial charge on any atom is 0.282 e. The Morgan fingerprint density at radius 3 is 2.62 bits per heavy atom.